The molecule has 4 aliphatic rings. The number of unbranched alkanes of at least 4 members (excludes halogenated alkanes) is 1. The fourth-order valence-electron chi connectivity index (χ4n) is 11.5. The van der Waals surface area contributed by atoms with Crippen LogP contribution in [0.2, 0.25) is 0 Å². The van der Waals surface area contributed by atoms with Crippen LogP contribution < -0.4 is 0 Å². The smallest absolute Gasteiger partial charge is 0.0718 e. The van der Waals surface area contributed by atoms with Crippen LogP contribution in [-0.2, 0) is 24.7 Å². The van der Waals surface area contributed by atoms with Crippen LogP contribution in [0.4, 0.5) is 0 Å². The Morgan fingerprint density at radius 2 is 1.33 bits per heavy atom. The van der Waals surface area contributed by atoms with Crippen molar-refractivity contribution in [2.45, 2.75) is 97.3 Å². The Kier molecular flexibility index (Phi) is 14.7. The zero-order valence-electron chi connectivity index (χ0n) is 41.6. The Hall–Kier alpha value is -7.02. The molecule has 0 radical (unpaired) electrons. The first kappa shape index (κ1) is 47.1. The Morgan fingerprint density at radius 1 is 0.667 bits per heavy atom. The molecule has 0 aromatic heterocycles. The maximum absolute atomic E-state index is 4.08. The van der Waals surface area contributed by atoms with E-state index in [1.165, 1.54) is 133 Å². The average molecular weight is 897 g/mol. The fraction of sp³-hybridized carbons (Fsp3) is 0.217. The molecule has 7 aromatic rings. The second-order valence-corrected chi connectivity index (χ2v) is 19.3. The molecule has 0 N–H and O–H groups in total. The predicted molar refractivity (Wildman–Crippen MR) is 300 cm³/mol. The quantitative estimate of drug-likeness (QED) is 0.127. The number of aryl methyl sites for hydroxylation is 4. The lowest BCUT2D eigenvalue weighted by atomic mass is 9.64. The molecule has 0 saturated heterocycles. The molecular formula is C69H68. The average Bonchev–Trinajstić information content (AvgIpc) is 3.70. The summed E-state index contributed by atoms with van der Waals surface area (Å²) in [6, 6.07) is 51.1. The zero-order chi connectivity index (χ0) is 47.7. The van der Waals surface area contributed by atoms with Gasteiger partial charge >= 0.3 is 0 Å². The van der Waals surface area contributed by atoms with Crippen molar-refractivity contribution in [2.75, 3.05) is 0 Å². The number of allylic oxidation sites excluding steroid dienone is 11. The Labute approximate surface area is 413 Å². The van der Waals surface area contributed by atoms with Crippen LogP contribution in [0.3, 0.4) is 0 Å². The third kappa shape index (κ3) is 9.43. The van der Waals surface area contributed by atoms with Crippen LogP contribution in [0.15, 0.2) is 206 Å². The van der Waals surface area contributed by atoms with Crippen LogP contribution in [0, 0.1) is 20.8 Å². The molecule has 2 atom stereocenters. The molecule has 0 heterocycles. The lowest BCUT2D eigenvalue weighted by Crippen LogP contribution is -2.31. The molecule has 0 saturated carbocycles. The maximum atomic E-state index is 4.08. The normalized spacial score (nSPS) is 17.4. The molecule has 0 bridgehead atoms. The van der Waals surface area contributed by atoms with Gasteiger partial charge in [-0.2, -0.15) is 0 Å². The summed E-state index contributed by atoms with van der Waals surface area (Å²) in [6.45, 7) is 15.0. The van der Waals surface area contributed by atoms with E-state index in [-0.39, 0.29) is 5.41 Å². The standard InChI is InChI=1S/C31H32.2C19H18/c1-5-8-17-24-18-13-20-27-26-19-10-12-22-29(26)31(30(24)27,25(14-6-2)15-7-3)28-21-11-9-16-23(28)4;1-13-10-11-18-16-8-3-2-6-14(16)15-7-4-5-9-17(15)19(18)12-13;1-15-7-9-17(10-8-15)19-13-11-18(12-14-19)16-5-3-2-4-6-16/h6-7,9-16,18-22H,2,5,8,17H2,1,3-4H3;3,5,8-12H,2,4,6-7H2,1H3;2-11,13-14,18H,12H2,1H3/b15-7-,25-14+;;. The van der Waals surface area contributed by atoms with E-state index in [0.29, 0.717) is 5.92 Å². The highest BCUT2D eigenvalue weighted by molar-refractivity contribution is 6.00. The first-order valence-corrected chi connectivity index (χ1v) is 25.5. The van der Waals surface area contributed by atoms with E-state index < -0.39 is 0 Å². The van der Waals surface area contributed by atoms with Gasteiger partial charge in [-0.1, -0.05) is 237 Å². The van der Waals surface area contributed by atoms with Gasteiger partial charge in [0.2, 0.25) is 0 Å². The first-order chi connectivity index (χ1) is 33.9. The van der Waals surface area contributed by atoms with Crippen molar-refractivity contribution in [3.05, 3.63) is 279 Å². The lowest BCUT2D eigenvalue weighted by Gasteiger charge is -2.37. The van der Waals surface area contributed by atoms with E-state index in [1.54, 1.807) is 11.1 Å². The summed E-state index contributed by atoms with van der Waals surface area (Å²) in [5, 5.41) is 2.87. The number of benzene rings is 7. The minimum Gasteiger partial charge on any atom is -0.0991 e. The molecule has 11 rings (SSSR count). The van der Waals surface area contributed by atoms with Gasteiger partial charge in [-0.3, -0.25) is 0 Å². The number of rotatable bonds is 9. The van der Waals surface area contributed by atoms with Gasteiger partial charge in [0.25, 0.3) is 0 Å². The molecular weight excluding hydrogens is 829 g/mol. The van der Waals surface area contributed by atoms with Gasteiger partial charge in [0.05, 0.1) is 5.41 Å². The highest BCUT2D eigenvalue weighted by Gasteiger charge is 2.48. The number of hydrogen-bond acceptors (Lipinski definition) is 0. The van der Waals surface area contributed by atoms with E-state index in [4.69, 9.17) is 0 Å². The number of fused-ring (bicyclic) bond motifs is 9. The number of hydrogen-bond donors (Lipinski definition) is 0. The summed E-state index contributed by atoms with van der Waals surface area (Å²) in [5.41, 5.74) is 23.5. The van der Waals surface area contributed by atoms with E-state index in [1.807, 2.05) is 6.08 Å². The molecule has 0 amide bonds. The van der Waals surface area contributed by atoms with Crippen molar-refractivity contribution in [3.63, 3.8) is 0 Å². The van der Waals surface area contributed by atoms with Gasteiger partial charge < -0.3 is 0 Å². The van der Waals surface area contributed by atoms with Crippen molar-refractivity contribution >= 4 is 28.5 Å². The molecule has 2 unspecified atom stereocenters. The molecule has 0 heteroatoms. The van der Waals surface area contributed by atoms with Crippen molar-refractivity contribution in [3.8, 4) is 11.1 Å². The molecule has 344 valence electrons. The predicted octanol–water partition coefficient (Wildman–Crippen LogP) is 18.5. The van der Waals surface area contributed by atoms with Gasteiger partial charge in [-0.25, -0.2) is 0 Å². The summed E-state index contributed by atoms with van der Waals surface area (Å²) in [6.07, 6.45) is 34.2. The van der Waals surface area contributed by atoms with Crippen LogP contribution in [0.1, 0.15) is 124 Å². The molecule has 0 nitrogen and oxygen atoms in total. The van der Waals surface area contributed by atoms with E-state index in [0.717, 1.165) is 12.8 Å². The Bertz CT molecular complexity index is 3160. The minimum absolute atomic E-state index is 0.345. The van der Waals surface area contributed by atoms with Gasteiger partial charge in [0, 0.05) is 5.92 Å². The highest BCUT2D eigenvalue weighted by Crippen LogP contribution is 2.58. The van der Waals surface area contributed by atoms with Crippen LogP contribution in [0.25, 0.3) is 39.6 Å². The van der Waals surface area contributed by atoms with Crippen LogP contribution >= 0.6 is 0 Å². The zero-order valence-corrected chi connectivity index (χ0v) is 41.6. The monoisotopic (exact) mass is 897 g/mol. The van der Waals surface area contributed by atoms with Gasteiger partial charge in [0.1, 0.15) is 0 Å². The fourth-order valence-corrected chi connectivity index (χ4v) is 11.5. The van der Waals surface area contributed by atoms with Gasteiger partial charge in [-0.15, -0.1) is 0 Å². The molecule has 0 aliphatic heterocycles. The maximum Gasteiger partial charge on any atom is 0.0718 e. The Balaban J connectivity index is 0.000000135. The molecule has 7 aromatic carbocycles. The van der Waals surface area contributed by atoms with Crippen LogP contribution in [0.5, 0.6) is 0 Å². The SMILES string of the molecule is C=C/C=C(\C=C/C)C1(c2ccccc2C)c2ccccc2-c2cccc(CCCC)c21.Cc1ccc(C2=CCC(c3ccccc3)C=C2)cc1.Cc1ccc2c3c(c4c(c2c1)C=CCC4)CCC=C3. The van der Waals surface area contributed by atoms with Crippen molar-refractivity contribution < 1.29 is 0 Å². The third-order valence-electron chi connectivity index (χ3n) is 14.7. The summed E-state index contributed by atoms with van der Waals surface area (Å²) in [7, 11) is 0. The van der Waals surface area contributed by atoms with E-state index in [2.05, 4.69) is 241 Å². The minimum atomic E-state index is -0.345. The topological polar surface area (TPSA) is 0 Å². The second-order valence-electron chi connectivity index (χ2n) is 19.3. The van der Waals surface area contributed by atoms with Gasteiger partial charge in [0.15, 0.2) is 0 Å². The largest absolute Gasteiger partial charge is 0.0991 e. The summed E-state index contributed by atoms with van der Waals surface area (Å²) in [5.74, 6) is 0.524. The molecule has 0 fully saturated rings. The van der Waals surface area contributed by atoms with E-state index >= 15 is 0 Å². The lowest BCUT2D eigenvalue weighted by molar-refractivity contribution is 0.725. The summed E-state index contributed by atoms with van der Waals surface area (Å²) < 4.78 is 0. The second kappa shape index (κ2) is 21.5. The summed E-state index contributed by atoms with van der Waals surface area (Å²) >= 11 is 0. The van der Waals surface area contributed by atoms with Gasteiger partial charge in [-0.05, 0) is 167 Å². The third-order valence-corrected chi connectivity index (χ3v) is 14.7. The van der Waals surface area contributed by atoms with E-state index in [9.17, 15) is 0 Å². The first-order valence-electron chi connectivity index (χ1n) is 25.5. The Morgan fingerprint density at radius 3 is 2.01 bits per heavy atom. The molecule has 69 heavy (non-hydrogen) atoms. The van der Waals surface area contributed by atoms with Crippen molar-refractivity contribution in [1.82, 2.24) is 0 Å². The molecule has 4 aliphatic carbocycles. The van der Waals surface area contributed by atoms with Crippen molar-refractivity contribution in [2.24, 2.45) is 0 Å². The highest BCUT2D eigenvalue weighted by atomic mass is 14.5. The molecule has 0 spiro atoms. The van der Waals surface area contributed by atoms with Crippen molar-refractivity contribution in [1.29, 1.82) is 0 Å². The van der Waals surface area contributed by atoms with Crippen LogP contribution in [-0.4, -0.2) is 0 Å². The summed E-state index contributed by atoms with van der Waals surface area (Å²) in [4.78, 5) is 0.